The van der Waals surface area contributed by atoms with E-state index in [0.29, 0.717) is 32.9 Å². The van der Waals surface area contributed by atoms with E-state index in [9.17, 15) is 24.3 Å². The molecule has 0 aliphatic rings. The third-order valence-electron chi connectivity index (χ3n) is 4.51. The molecule has 3 N–H and O–H groups in total. The second-order valence-corrected chi connectivity index (χ2v) is 7.41. The SMILES string of the molecule is CO[C@@H](CO)CSc1c(-c2ccc(F)cc2C#N)c(C)cc2c(=O)[nH]c(=O)[nH]c12. The van der Waals surface area contributed by atoms with Crippen molar-refractivity contribution in [1.29, 1.82) is 5.26 Å². The maximum atomic E-state index is 13.7. The first-order chi connectivity index (χ1) is 13.9. The molecule has 3 aromatic rings. The zero-order valence-corrected chi connectivity index (χ0v) is 16.5. The Labute approximate surface area is 169 Å². The van der Waals surface area contributed by atoms with Crippen LogP contribution in [0.25, 0.3) is 22.0 Å². The van der Waals surface area contributed by atoms with Crippen LogP contribution in [-0.2, 0) is 4.74 Å². The molecule has 0 bridgehead atoms. The molecule has 1 heterocycles. The van der Waals surface area contributed by atoms with Crippen molar-refractivity contribution in [2.45, 2.75) is 17.9 Å². The van der Waals surface area contributed by atoms with Gasteiger partial charge in [0.1, 0.15) is 5.82 Å². The molecular weight excluding hydrogens is 397 g/mol. The minimum atomic E-state index is -0.663. The lowest BCUT2D eigenvalue weighted by Crippen LogP contribution is -2.23. The average molecular weight is 415 g/mol. The molecule has 150 valence electrons. The van der Waals surface area contributed by atoms with Gasteiger partial charge in [-0.3, -0.25) is 9.78 Å². The first-order valence-corrected chi connectivity index (χ1v) is 9.64. The van der Waals surface area contributed by atoms with Crippen molar-refractivity contribution in [3.8, 4) is 17.2 Å². The number of fused-ring (bicyclic) bond motifs is 1. The number of halogens is 1. The zero-order valence-electron chi connectivity index (χ0n) is 15.7. The van der Waals surface area contributed by atoms with Crippen LogP contribution in [0.3, 0.4) is 0 Å². The van der Waals surface area contributed by atoms with Gasteiger partial charge in [-0.25, -0.2) is 9.18 Å². The van der Waals surface area contributed by atoms with Crippen LogP contribution in [0.4, 0.5) is 4.39 Å². The summed E-state index contributed by atoms with van der Waals surface area (Å²) < 4.78 is 18.9. The Morgan fingerprint density at radius 1 is 1.31 bits per heavy atom. The molecule has 0 amide bonds. The van der Waals surface area contributed by atoms with Gasteiger partial charge in [-0.05, 0) is 30.7 Å². The van der Waals surface area contributed by atoms with E-state index in [4.69, 9.17) is 4.74 Å². The number of H-pyrrole nitrogens is 2. The average Bonchev–Trinajstić information content (AvgIpc) is 2.69. The fraction of sp³-hybridized carbons (Fsp3) is 0.250. The summed E-state index contributed by atoms with van der Waals surface area (Å²) in [5, 5.41) is 19.2. The van der Waals surface area contributed by atoms with Crippen molar-refractivity contribution in [1.82, 2.24) is 9.97 Å². The van der Waals surface area contributed by atoms with Crippen LogP contribution in [0.2, 0.25) is 0 Å². The number of aromatic amines is 2. The molecule has 3 rings (SSSR count). The Balaban J connectivity index is 2.36. The molecule has 0 aliphatic heterocycles. The molecule has 7 nitrogen and oxygen atoms in total. The molecule has 9 heteroatoms. The number of aromatic nitrogens is 2. The number of nitrogens with one attached hydrogen (secondary N) is 2. The van der Waals surface area contributed by atoms with Crippen molar-refractivity contribution >= 4 is 22.7 Å². The number of aliphatic hydroxyl groups excluding tert-OH is 1. The number of thioether (sulfide) groups is 1. The predicted molar refractivity (Wildman–Crippen MR) is 109 cm³/mol. The third-order valence-corrected chi connectivity index (χ3v) is 5.75. The second kappa shape index (κ2) is 8.61. The number of nitriles is 1. The van der Waals surface area contributed by atoms with Crippen LogP contribution < -0.4 is 11.2 Å². The second-order valence-electron chi connectivity index (χ2n) is 6.38. The lowest BCUT2D eigenvalue weighted by molar-refractivity contribution is 0.0656. The number of aliphatic hydroxyl groups is 1. The maximum Gasteiger partial charge on any atom is 0.326 e. The van der Waals surface area contributed by atoms with E-state index in [1.54, 1.807) is 13.0 Å². The number of rotatable bonds is 6. The summed E-state index contributed by atoms with van der Waals surface area (Å²) in [7, 11) is 1.47. The van der Waals surface area contributed by atoms with E-state index >= 15 is 0 Å². The molecule has 0 radical (unpaired) electrons. The number of nitrogens with zero attached hydrogens (tertiary/aromatic N) is 1. The van der Waals surface area contributed by atoms with E-state index < -0.39 is 23.2 Å². The van der Waals surface area contributed by atoms with Gasteiger partial charge < -0.3 is 14.8 Å². The molecule has 1 atom stereocenters. The highest BCUT2D eigenvalue weighted by Crippen LogP contribution is 2.40. The Bertz CT molecular complexity index is 1230. The molecule has 0 fully saturated rings. The lowest BCUT2D eigenvalue weighted by atomic mass is 9.95. The standard InChI is InChI=1S/C20H18FN3O4S/c1-10-5-15-17(23-20(27)24-19(15)26)18(29-9-13(8-25)28-2)16(10)14-4-3-12(21)6-11(14)7-22/h3-6,13,25H,8-9H2,1-2H3,(H2,23,24,26,27)/t13-/m0/s1. The fourth-order valence-corrected chi connectivity index (χ4v) is 4.40. The quantitative estimate of drug-likeness (QED) is 0.532. The minimum Gasteiger partial charge on any atom is -0.394 e. The van der Waals surface area contributed by atoms with Gasteiger partial charge in [0.25, 0.3) is 5.56 Å². The first kappa shape index (κ1) is 20.8. The molecule has 1 aromatic heterocycles. The van der Waals surface area contributed by atoms with Crippen molar-refractivity contribution in [2.75, 3.05) is 19.5 Å². The fourth-order valence-electron chi connectivity index (χ4n) is 3.08. The Kier molecular flexibility index (Phi) is 6.17. The molecule has 2 aromatic carbocycles. The van der Waals surface area contributed by atoms with Crippen LogP contribution >= 0.6 is 11.8 Å². The van der Waals surface area contributed by atoms with Gasteiger partial charge in [-0.1, -0.05) is 6.07 Å². The predicted octanol–water partition coefficient (Wildman–Crippen LogP) is 2.30. The molecule has 0 saturated heterocycles. The Hall–Kier alpha value is -2.93. The highest BCUT2D eigenvalue weighted by molar-refractivity contribution is 7.99. The summed E-state index contributed by atoms with van der Waals surface area (Å²) >= 11 is 1.27. The van der Waals surface area contributed by atoms with Gasteiger partial charge in [0.15, 0.2) is 0 Å². The van der Waals surface area contributed by atoms with Crippen LogP contribution in [0, 0.1) is 24.1 Å². The van der Waals surface area contributed by atoms with Crippen molar-refractivity contribution in [3.63, 3.8) is 0 Å². The number of ether oxygens (including phenoxy) is 1. The smallest absolute Gasteiger partial charge is 0.326 e. The number of methoxy groups -OCH3 is 1. The summed E-state index contributed by atoms with van der Waals surface area (Å²) in [5.41, 5.74) is 1.01. The maximum absolute atomic E-state index is 13.7. The number of benzene rings is 2. The number of aryl methyl sites for hydroxylation is 1. The van der Waals surface area contributed by atoms with Crippen LogP contribution in [-0.4, -0.2) is 40.6 Å². The third kappa shape index (κ3) is 4.10. The molecule has 0 spiro atoms. The molecule has 0 aliphatic carbocycles. The lowest BCUT2D eigenvalue weighted by Gasteiger charge is -2.18. The highest BCUT2D eigenvalue weighted by Gasteiger charge is 2.20. The van der Waals surface area contributed by atoms with Crippen molar-refractivity contribution in [2.24, 2.45) is 0 Å². The molecule has 0 saturated carbocycles. The molecule has 0 unspecified atom stereocenters. The van der Waals surface area contributed by atoms with E-state index in [-0.39, 0.29) is 17.6 Å². The largest absolute Gasteiger partial charge is 0.394 e. The number of hydrogen-bond donors (Lipinski definition) is 3. The topological polar surface area (TPSA) is 119 Å². The highest BCUT2D eigenvalue weighted by atomic mass is 32.2. The monoisotopic (exact) mass is 415 g/mol. The minimum absolute atomic E-state index is 0.131. The van der Waals surface area contributed by atoms with Gasteiger partial charge in [0, 0.05) is 28.9 Å². The summed E-state index contributed by atoms with van der Waals surface area (Å²) in [6.45, 7) is 1.56. The van der Waals surface area contributed by atoms with Crippen LogP contribution in [0.15, 0.2) is 38.8 Å². The van der Waals surface area contributed by atoms with E-state index in [1.807, 2.05) is 6.07 Å². The summed E-state index contributed by atoms with van der Waals surface area (Å²) in [6, 6.07) is 7.50. The van der Waals surface area contributed by atoms with E-state index in [1.165, 1.54) is 31.0 Å². The van der Waals surface area contributed by atoms with Gasteiger partial charge in [-0.15, -0.1) is 11.8 Å². The van der Waals surface area contributed by atoms with Crippen LogP contribution in [0.1, 0.15) is 11.1 Å². The van der Waals surface area contributed by atoms with Crippen molar-refractivity contribution < 1.29 is 14.2 Å². The van der Waals surface area contributed by atoms with Crippen molar-refractivity contribution in [3.05, 3.63) is 62.0 Å². The Morgan fingerprint density at radius 2 is 2.07 bits per heavy atom. The van der Waals surface area contributed by atoms with Gasteiger partial charge >= 0.3 is 5.69 Å². The van der Waals surface area contributed by atoms with Gasteiger partial charge in [0.05, 0.1) is 35.2 Å². The normalized spacial score (nSPS) is 12.1. The van der Waals surface area contributed by atoms with E-state index in [0.717, 1.165) is 6.07 Å². The van der Waals surface area contributed by atoms with E-state index in [2.05, 4.69) is 9.97 Å². The summed E-state index contributed by atoms with van der Waals surface area (Å²) in [5.74, 6) is -0.210. The Morgan fingerprint density at radius 3 is 2.72 bits per heavy atom. The summed E-state index contributed by atoms with van der Waals surface area (Å²) in [4.78, 5) is 29.6. The molecular formula is C20H18FN3O4S. The zero-order chi connectivity index (χ0) is 21.1. The van der Waals surface area contributed by atoms with Crippen LogP contribution in [0.5, 0.6) is 0 Å². The van der Waals surface area contributed by atoms with Gasteiger partial charge in [-0.2, -0.15) is 5.26 Å². The molecule has 29 heavy (non-hydrogen) atoms. The van der Waals surface area contributed by atoms with Gasteiger partial charge in [0.2, 0.25) is 0 Å². The summed E-state index contributed by atoms with van der Waals surface area (Å²) in [6.07, 6.45) is -0.471. The number of hydrogen-bond acceptors (Lipinski definition) is 6. The first-order valence-electron chi connectivity index (χ1n) is 8.66.